The topological polar surface area (TPSA) is 48.0 Å². The Labute approximate surface area is 286 Å². The van der Waals surface area contributed by atoms with E-state index < -0.39 is 0 Å². The molecule has 0 spiro atoms. The van der Waals surface area contributed by atoms with Crippen molar-refractivity contribution in [3.8, 4) is 39.9 Å². The van der Waals surface area contributed by atoms with Crippen LogP contribution in [0.4, 0.5) is 0 Å². The molecule has 0 bridgehead atoms. The second-order valence-corrected chi connectivity index (χ2v) is 12.9. The highest BCUT2D eigenvalue weighted by molar-refractivity contribution is 6.26. The van der Waals surface area contributed by atoms with Gasteiger partial charge in [-0.05, 0) is 36.4 Å². The summed E-state index contributed by atoms with van der Waals surface area (Å²) in [5, 5.41) is 7.32. The Morgan fingerprint density at radius 1 is 0.340 bits per heavy atom. The smallest absolute Gasteiger partial charge is 0.166 e. The number of hydrogen-bond donors (Lipinski definition) is 0. The van der Waals surface area contributed by atoms with Crippen LogP contribution in [0.2, 0.25) is 0 Å². The molecule has 0 aliphatic carbocycles. The van der Waals surface area contributed by atoms with Crippen LogP contribution in [0.15, 0.2) is 164 Å². The van der Waals surface area contributed by atoms with Crippen molar-refractivity contribution in [2.24, 2.45) is 0 Å². The molecule has 0 aliphatic heterocycles. The van der Waals surface area contributed by atoms with Gasteiger partial charge in [-0.3, -0.25) is 0 Å². The van der Waals surface area contributed by atoms with Crippen LogP contribution in [0, 0.1) is 0 Å². The van der Waals surface area contributed by atoms with Gasteiger partial charge in [0.1, 0.15) is 0 Å². The summed E-state index contributed by atoms with van der Waals surface area (Å²) in [6.45, 7) is 0. The van der Waals surface area contributed by atoms with Crippen molar-refractivity contribution in [1.82, 2.24) is 23.9 Å². The zero-order valence-corrected chi connectivity index (χ0v) is 26.8. The van der Waals surface area contributed by atoms with Crippen LogP contribution < -0.4 is 0 Å². The molecule has 5 nitrogen and oxygen atoms in total. The third-order valence-electron chi connectivity index (χ3n) is 10.1. The van der Waals surface area contributed by atoms with Gasteiger partial charge in [-0.25, -0.2) is 15.0 Å². The summed E-state index contributed by atoms with van der Waals surface area (Å²) < 4.78 is 4.84. The first-order valence-electron chi connectivity index (χ1n) is 16.9. The van der Waals surface area contributed by atoms with Crippen molar-refractivity contribution in [2.75, 3.05) is 0 Å². The molecule has 11 aromatic rings. The van der Waals surface area contributed by atoms with Crippen molar-refractivity contribution in [3.63, 3.8) is 0 Å². The molecule has 0 aliphatic rings. The Bertz CT molecular complexity index is 2970. The van der Waals surface area contributed by atoms with E-state index in [-0.39, 0.29) is 0 Å². The Kier molecular flexibility index (Phi) is 5.60. The third kappa shape index (κ3) is 3.80. The largest absolute Gasteiger partial charge is 0.309 e. The molecule has 11 rings (SSSR count). The molecule has 0 fully saturated rings. The van der Waals surface area contributed by atoms with Gasteiger partial charge < -0.3 is 8.97 Å². The quantitative estimate of drug-likeness (QED) is 0.193. The third-order valence-corrected chi connectivity index (χ3v) is 10.1. The van der Waals surface area contributed by atoms with Crippen LogP contribution in [0.3, 0.4) is 0 Å². The molecule has 0 amide bonds. The minimum atomic E-state index is 0.649. The highest BCUT2D eigenvalue weighted by atomic mass is 15.0. The number of para-hydroxylation sites is 4. The van der Waals surface area contributed by atoms with Gasteiger partial charge in [0, 0.05) is 54.7 Å². The average Bonchev–Trinajstić information content (AvgIpc) is 3.83. The fourth-order valence-corrected chi connectivity index (χ4v) is 7.96. The molecule has 232 valence electrons. The van der Waals surface area contributed by atoms with Gasteiger partial charge in [0.2, 0.25) is 0 Å². The average molecular weight is 638 g/mol. The van der Waals surface area contributed by atoms with Gasteiger partial charge in [0.05, 0.1) is 27.6 Å². The molecule has 0 radical (unpaired) electrons. The standard InChI is InChI=1S/C45H27N5/c1-3-14-28(15-4-1)43-46-44(29-16-5-2-6-17-29)48-45(47-43)35-22-13-21-34-37-27-30(26-36-33-20-9-12-25-40(33)50(41(34)35)42(36)37)49-38-23-10-7-18-31(38)32-19-8-11-24-39(32)49/h1-27H. The van der Waals surface area contributed by atoms with E-state index in [0.29, 0.717) is 17.5 Å². The lowest BCUT2D eigenvalue weighted by atomic mass is 10.0. The predicted molar refractivity (Wildman–Crippen MR) is 205 cm³/mol. The van der Waals surface area contributed by atoms with Gasteiger partial charge in [0.25, 0.3) is 0 Å². The van der Waals surface area contributed by atoms with Crippen molar-refractivity contribution in [2.45, 2.75) is 0 Å². The fraction of sp³-hybridized carbons (Fsp3) is 0. The molecular formula is C45H27N5. The number of rotatable bonds is 4. The minimum Gasteiger partial charge on any atom is -0.309 e. The Hall–Kier alpha value is -6.85. The van der Waals surface area contributed by atoms with Crippen molar-refractivity contribution >= 4 is 59.9 Å². The molecule has 50 heavy (non-hydrogen) atoms. The van der Waals surface area contributed by atoms with E-state index in [4.69, 9.17) is 15.0 Å². The molecule has 0 atom stereocenters. The second kappa shape index (κ2) is 10.3. The van der Waals surface area contributed by atoms with Gasteiger partial charge in [-0.1, -0.05) is 127 Å². The van der Waals surface area contributed by atoms with Gasteiger partial charge in [0.15, 0.2) is 17.5 Å². The zero-order chi connectivity index (χ0) is 32.8. The van der Waals surface area contributed by atoms with Crippen LogP contribution in [0.5, 0.6) is 0 Å². The Morgan fingerprint density at radius 2 is 0.800 bits per heavy atom. The molecular weight excluding hydrogens is 611 g/mol. The molecule has 0 N–H and O–H groups in total. The summed E-state index contributed by atoms with van der Waals surface area (Å²) in [5.74, 6) is 1.95. The molecule has 0 saturated heterocycles. The van der Waals surface area contributed by atoms with E-state index in [1.807, 2.05) is 36.4 Å². The van der Waals surface area contributed by atoms with E-state index in [1.54, 1.807) is 0 Å². The zero-order valence-electron chi connectivity index (χ0n) is 26.8. The van der Waals surface area contributed by atoms with Gasteiger partial charge >= 0.3 is 0 Å². The highest BCUT2D eigenvalue weighted by Gasteiger charge is 2.23. The van der Waals surface area contributed by atoms with Crippen LogP contribution >= 0.6 is 0 Å². The lowest BCUT2D eigenvalue weighted by molar-refractivity contribution is 1.07. The van der Waals surface area contributed by atoms with Crippen LogP contribution in [-0.4, -0.2) is 23.9 Å². The number of benzene rings is 7. The molecule has 7 aromatic carbocycles. The van der Waals surface area contributed by atoms with Crippen LogP contribution in [-0.2, 0) is 0 Å². The van der Waals surface area contributed by atoms with E-state index in [2.05, 4.69) is 136 Å². The maximum Gasteiger partial charge on any atom is 0.166 e. The number of nitrogens with zero attached hydrogens (tertiary/aromatic N) is 5. The molecule has 0 unspecified atom stereocenters. The van der Waals surface area contributed by atoms with E-state index in [9.17, 15) is 0 Å². The first kappa shape index (κ1) is 27.1. The maximum absolute atomic E-state index is 5.15. The second-order valence-electron chi connectivity index (χ2n) is 12.9. The Morgan fingerprint density at radius 3 is 1.40 bits per heavy atom. The number of aromatic nitrogens is 5. The number of fused-ring (bicyclic) bond motifs is 9. The van der Waals surface area contributed by atoms with E-state index in [1.165, 1.54) is 48.9 Å². The monoisotopic (exact) mass is 637 g/mol. The molecule has 4 aromatic heterocycles. The summed E-state index contributed by atoms with van der Waals surface area (Å²) >= 11 is 0. The first-order chi connectivity index (χ1) is 24.8. The van der Waals surface area contributed by atoms with Crippen LogP contribution in [0.1, 0.15) is 0 Å². The molecule has 4 heterocycles. The fourth-order valence-electron chi connectivity index (χ4n) is 7.96. The van der Waals surface area contributed by atoms with E-state index >= 15 is 0 Å². The summed E-state index contributed by atoms with van der Waals surface area (Å²) in [7, 11) is 0. The van der Waals surface area contributed by atoms with Crippen LogP contribution in [0.25, 0.3) is 99.8 Å². The predicted octanol–water partition coefficient (Wildman–Crippen LogP) is 11.1. The first-order valence-corrected chi connectivity index (χ1v) is 16.9. The maximum atomic E-state index is 5.15. The van der Waals surface area contributed by atoms with Crippen molar-refractivity contribution in [3.05, 3.63) is 164 Å². The van der Waals surface area contributed by atoms with Gasteiger partial charge in [-0.15, -0.1) is 0 Å². The Balaban J connectivity index is 1.26. The number of hydrogen-bond acceptors (Lipinski definition) is 3. The van der Waals surface area contributed by atoms with Gasteiger partial charge in [-0.2, -0.15) is 0 Å². The minimum absolute atomic E-state index is 0.649. The lowest BCUT2D eigenvalue weighted by Crippen LogP contribution is -2.00. The normalized spacial score (nSPS) is 12.0. The van der Waals surface area contributed by atoms with Crippen molar-refractivity contribution in [1.29, 1.82) is 0 Å². The summed E-state index contributed by atoms with van der Waals surface area (Å²) in [6, 6.07) is 57.7. The SMILES string of the molecule is c1ccc(-c2nc(-c3ccccc3)nc(-c3cccc4c5cc(-n6c7ccccc7c7ccccc76)cc6c7ccccc7n(c34)c65)n2)cc1. The molecule has 0 saturated carbocycles. The summed E-state index contributed by atoms with van der Waals surface area (Å²) in [6.07, 6.45) is 0. The van der Waals surface area contributed by atoms with Crippen molar-refractivity contribution < 1.29 is 0 Å². The summed E-state index contributed by atoms with van der Waals surface area (Å²) in [5.41, 5.74) is 9.88. The summed E-state index contributed by atoms with van der Waals surface area (Å²) in [4.78, 5) is 15.3. The lowest BCUT2D eigenvalue weighted by Gasteiger charge is -2.10. The molecule has 5 heteroatoms. The van der Waals surface area contributed by atoms with E-state index in [0.717, 1.165) is 33.4 Å². The highest BCUT2D eigenvalue weighted by Crippen LogP contribution is 2.44.